The van der Waals surface area contributed by atoms with Crippen LogP contribution in [-0.2, 0) is 6.42 Å². The van der Waals surface area contributed by atoms with E-state index in [0.717, 1.165) is 17.8 Å². The number of nitrogens with zero attached hydrogens (tertiary/aromatic N) is 2. The molecule has 2 aromatic rings. The second-order valence-electron chi connectivity index (χ2n) is 3.61. The van der Waals surface area contributed by atoms with Gasteiger partial charge in [-0.3, -0.25) is 0 Å². The Morgan fingerprint density at radius 1 is 0.933 bits per heavy atom. The zero-order valence-electron chi connectivity index (χ0n) is 9.07. The summed E-state index contributed by atoms with van der Waals surface area (Å²) in [4.78, 5) is 8.57. The first kappa shape index (κ1) is 9.84. The summed E-state index contributed by atoms with van der Waals surface area (Å²) < 4.78 is 0. The maximum Gasteiger partial charge on any atom is 0.127 e. The van der Waals surface area contributed by atoms with E-state index in [2.05, 4.69) is 48.1 Å². The lowest BCUT2D eigenvalue weighted by molar-refractivity contribution is 0.941. The summed E-state index contributed by atoms with van der Waals surface area (Å²) >= 11 is 0. The predicted octanol–water partition coefficient (Wildman–Crippen LogP) is 3.01. The van der Waals surface area contributed by atoms with Crippen LogP contribution in [0.4, 0.5) is 0 Å². The smallest absolute Gasteiger partial charge is 0.127 e. The number of hydrogen-bond donors (Lipinski definition) is 0. The first-order chi connectivity index (χ1) is 7.29. The molecule has 0 N–H and O–H groups in total. The molecule has 0 saturated carbocycles. The van der Waals surface area contributed by atoms with Crippen LogP contribution < -0.4 is 0 Å². The maximum atomic E-state index is 4.28. The molecule has 1 heterocycles. The Bertz CT molecular complexity index is 429. The lowest BCUT2D eigenvalue weighted by Gasteiger charge is -2.02. The highest BCUT2D eigenvalue weighted by Gasteiger charge is 1.98. The summed E-state index contributed by atoms with van der Waals surface area (Å²) in [6, 6.07) is 8.39. The summed E-state index contributed by atoms with van der Waals surface area (Å²) in [5.74, 6) is 0.894. The molecule has 0 aliphatic carbocycles. The molecule has 0 unspecified atom stereocenters. The fraction of sp³-hybridized carbons (Fsp3) is 0.231. The topological polar surface area (TPSA) is 25.8 Å². The molecule has 1 aromatic heterocycles. The molecule has 2 rings (SSSR count). The number of rotatable bonds is 2. The number of aryl methyl sites for hydroxylation is 2. The van der Waals surface area contributed by atoms with E-state index in [1.807, 2.05) is 12.4 Å². The normalized spacial score (nSPS) is 10.3. The van der Waals surface area contributed by atoms with Crippen molar-refractivity contribution >= 4 is 0 Å². The fourth-order valence-corrected chi connectivity index (χ4v) is 1.43. The molecule has 0 saturated heterocycles. The first-order valence-electron chi connectivity index (χ1n) is 5.17. The molecule has 2 nitrogen and oxygen atoms in total. The Hall–Kier alpha value is -1.70. The largest absolute Gasteiger partial charge is 0.241 e. The predicted molar refractivity (Wildman–Crippen MR) is 61.6 cm³/mol. The van der Waals surface area contributed by atoms with E-state index >= 15 is 0 Å². The van der Waals surface area contributed by atoms with Crippen LogP contribution in [0.3, 0.4) is 0 Å². The lowest BCUT2D eigenvalue weighted by atomic mass is 10.1. The highest BCUT2D eigenvalue weighted by molar-refractivity contribution is 5.61. The molecule has 0 spiro atoms. The molecule has 0 bridgehead atoms. The highest BCUT2D eigenvalue weighted by atomic mass is 14.9. The van der Waals surface area contributed by atoms with Gasteiger partial charge in [0.25, 0.3) is 0 Å². The van der Waals surface area contributed by atoms with Crippen molar-refractivity contribution in [3.63, 3.8) is 0 Å². The molecule has 0 aliphatic heterocycles. The van der Waals surface area contributed by atoms with Crippen LogP contribution in [0.2, 0.25) is 0 Å². The minimum absolute atomic E-state index is 0.883. The van der Waals surface area contributed by atoms with E-state index in [4.69, 9.17) is 0 Å². The van der Waals surface area contributed by atoms with Gasteiger partial charge in [-0.25, -0.2) is 9.97 Å². The van der Waals surface area contributed by atoms with Crippen molar-refractivity contribution in [1.29, 1.82) is 0 Å². The molecule has 0 amide bonds. The van der Waals surface area contributed by atoms with Crippen molar-refractivity contribution in [2.45, 2.75) is 20.3 Å². The maximum absolute atomic E-state index is 4.28. The third kappa shape index (κ3) is 2.21. The average molecular weight is 198 g/mol. The van der Waals surface area contributed by atoms with Gasteiger partial charge in [0.15, 0.2) is 0 Å². The van der Waals surface area contributed by atoms with E-state index < -0.39 is 0 Å². The van der Waals surface area contributed by atoms with Crippen LogP contribution in [0, 0.1) is 6.92 Å². The summed E-state index contributed by atoms with van der Waals surface area (Å²) in [5, 5.41) is 0. The third-order valence-corrected chi connectivity index (χ3v) is 2.41. The Labute approximate surface area is 90.0 Å². The van der Waals surface area contributed by atoms with Crippen molar-refractivity contribution in [2.24, 2.45) is 0 Å². The average Bonchev–Trinajstić information content (AvgIpc) is 2.30. The molecule has 2 heteroatoms. The molecular formula is C13H14N2. The van der Waals surface area contributed by atoms with Gasteiger partial charge in [-0.05, 0) is 12.5 Å². The number of aromatic nitrogens is 2. The molecule has 0 aliphatic rings. The molecule has 0 fully saturated rings. The second-order valence-corrected chi connectivity index (χ2v) is 3.61. The van der Waals surface area contributed by atoms with Crippen LogP contribution >= 0.6 is 0 Å². The Kier molecular flexibility index (Phi) is 2.77. The van der Waals surface area contributed by atoms with Crippen LogP contribution in [0.15, 0.2) is 36.7 Å². The quantitative estimate of drug-likeness (QED) is 0.741. The van der Waals surface area contributed by atoms with Crippen molar-refractivity contribution in [3.05, 3.63) is 48.0 Å². The van der Waals surface area contributed by atoms with Crippen LogP contribution in [0.1, 0.15) is 18.3 Å². The minimum atomic E-state index is 0.883. The summed E-state index contributed by atoms with van der Waals surface area (Å²) in [6.07, 6.45) is 4.65. The van der Waals surface area contributed by atoms with Crippen molar-refractivity contribution < 1.29 is 0 Å². The highest BCUT2D eigenvalue weighted by Crippen LogP contribution is 2.17. The van der Waals surface area contributed by atoms with E-state index in [9.17, 15) is 0 Å². The molecule has 76 valence electrons. The van der Waals surface area contributed by atoms with Crippen molar-refractivity contribution in [2.75, 3.05) is 0 Å². The van der Waals surface area contributed by atoms with Gasteiger partial charge in [0.1, 0.15) is 5.82 Å². The van der Waals surface area contributed by atoms with Crippen LogP contribution in [-0.4, -0.2) is 9.97 Å². The minimum Gasteiger partial charge on any atom is -0.241 e. The van der Waals surface area contributed by atoms with E-state index in [0.29, 0.717) is 0 Å². The standard InChI is InChI=1S/C13H14N2/c1-3-13-14-8-12(9-15-13)11-6-4-10(2)5-7-11/h4-9H,3H2,1-2H3. The molecule has 0 radical (unpaired) electrons. The lowest BCUT2D eigenvalue weighted by Crippen LogP contribution is -1.91. The van der Waals surface area contributed by atoms with E-state index in [1.165, 1.54) is 11.1 Å². The van der Waals surface area contributed by atoms with Gasteiger partial charge in [-0.1, -0.05) is 36.8 Å². The number of hydrogen-bond acceptors (Lipinski definition) is 2. The Balaban J connectivity index is 2.33. The zero-order chi connectivity index (χ0) is 10.7. The zero-order valence-corrected chi connectivity index (χ0v) is 9.07. The van der Waals surface area contributed by atoms with Crippen molar-refractivity contribution in [3.8, 4) is 11.1 Å². The van der Waals surface area contributed by atoms with Gasteiger partial charge in [0.2, 0.25) is 0 Å². The molecule has 15 heavy (non-hydrogen) atoms. The Morgan fingerprint density at radius 3 is 2.07 bits per heavy atom. The monoisotopic (exact) mass is 198 g/mol. The molecular weight excluding hydrogens is 184 g/mol. The molecule has 1 aromatic carbocycles. The first-order valence-corrected chi connectivity index (χ1v) is 5.17. The van der Waals surface area contributed by atoms with Gasteiger partial charge in [0, 0.05) is 24.4 Å². The number of benzene rings is 1. The van der Waals surface area contributed by atoms with Crippen LogP contribution in [0.5, 0.6) is 0 Å². The second kappa shape index (κ2) is 4.22. The SMILES string of the molecule is CCc1ncc(-c2ccc(C)cc2)cn1. The van der Waals surface area contributed by atoms with Gasteiger partial charge in [-0.2, -0.15) is 0 Å². The Morgan fingerprint density at radius 2 is 1.53 bits per heavy atom. The van der Waals surface area contributed by atoms with Crippen molar-refractivity contribution in [1.82, 2.24) is 9.97 Å². The fourth-order valence-electron chi connectivity index (χ4n) is 1.43. The summed E-state index contributed by atoms with van der Waals surface area (Å²) in [6.45, 7) is 4.14. The molecule has 0 atom stereocenters. The van der Waals surface area contributed by atoms with E-state index in [-0.39, 0.29) is 0 Å². The van der Waals surface area contributed by atoms with Crippen LogP contribution in [0.25, 0.3) is 11.1 Å². The third-order valence-electron chi connectivity index (χ3n) is 2.41. The van der Waals surface area contributed by atoms with Gasteiger partial charge >= 0.3 is 0 Å². The van der Waals surface area contributed by atoms with Gasteiger partial charge < -0.3 is 0 Å². The van der Waals surface area contributed by atoms with Gasteiger partial charge in [0.05, 0.1) is 0 Å². The van der Waals surface area contributed by atoms with E-state index in [1.54, 1.807) is 0 Å². The van der Waals surface area contributed by atoms with Gasteiger partial charge in [-0.15, -0.1) is 0 Å². The summed E-state index contributed by atoms with van der Waals surface area (Å²) in [7, 11) is 0. The summed E-state index contributed by atoms with van der Waals surface area (Å²) in [5.41, 5.74) is 3.51.